The van der Waals surface area contributed by atoms with Crippen LogP contribution in [0.5, 0.6) is 5.75 Å². The highest BCUT2D eigenvalue weighted by atomic mass is 16.5. The largest absolute Gasteiger partial charge is 0.484 e. The van der Waals surface area contributed by atoms with Crippen LogP contribution in [0.1, 0.15) is 26.3 Å². The predicted octanol–water partition coefficient (Wildman–Crippen LogP) is 2.76. The molecule has 0 aliphatic rings. The number of hydrazine groups is 1. The Balaban J connectivity index is 1.47. The van der Waals surface area contributed by atoms with Crippen molar-refractivity contribution in [3.8, 4) is 5.75 Å². The molecule has 2 N–H and O–H groups in total. The number of amides is 2. The lowest BCUT2D eigenvalue weighted by molar-refractivity contribution is -0.123. The molecule has 0 heterocycles. The lowest BCUT2D eigenvalue weighted by Crippen LogP contribution is -2.43. The first kappa shape index (κ1) is 18.8. The molecule has 3 aromatic carbocycles. The summed E-state index contributed by atoms with van der Waals surface area (Å²) in [5.41, 5.74) is 6.16. The standard InChI is InChI=1S/C22H18N2O4/c25-20(23-24-22(27)18-9-5-2-6-10-18)15-28-19-13-11-17(12-14-19)21(26)16-7-3-1-4-8-16/h1-14H,15H2,(H,23,25)(H,24,27). The minimum atomic E-state index is -0.506. The van der Waals surface area contributed by atoms with Gasteiger partial charge in [-0.3, -0.25) is 25.2 Å². The van der Waals surface area contributed by atoms with Crippen molar-refractivity contribution in [3.63, 3.8) is 0 Å². The number of nitrogens with one attached hydrogen (secondary N) is 2. The Labute approximate surface area is 162 Å². The first-order valence-electron chi connectivity index (χ1n) is 8.60. The van der Waals surface area contributed by atoms with Gasteiger partial charge in [-0.1, -0.05) is 48.5 Å². The molecule has 0 aromatic heterocycles. The van der Waals surface area contributed by atoms with Crippen LogP contribution in [0.25, 0.3) is 0 Å². The van der Waals surface area contributed by atoms with Gasteiger partial charge in [0.2, 0.25) is 0 Å². The van der Waals surface area contributed by atoms with Gasteiger partial charge >= 0.3 is 0 Å². The SMILES string of the molecule is O=C(COc1ccc(C(=O)c2ccccc2)cc1)NNC(=O)c1ccccc1. The van der Waals surface area contributed by atoms with E-state index in [0.717, 1.165) is 0 Å². The molecular formula is C22H18N2O4. The van der Waals surface area contributed by atoms with Gasteiger partial charge in [-0.15, -0.1) is 0 Å². The summed E-state index contributed by atoms with van der Waals surface area (Å²) >= 11 is 0. The topological polar surface area (TPSA) is 84.5 Å². The molecule has 0 saturated heterocycles. The van der Waals surface area contributed by atoms with Crippen molar-refractivity contribution in [1.29, 1.82) is 0 Å². The van der Waals surface area contributed by atoms with E-state index in [1.807, 2.05) is 6.07 Å². The summed E-state index contributed by atoms with van der Waals surface area (Å²) < 4.78 is 5.37. The zero-order chi connectivity index (χ0) is 19.8. The van der Waals surface area contributed by atoms with Crippen LogP contribution in [0.4, 0.5) is 0 Å². The summed E-state index contributed by atoms with van der Waals surface area (Å²) in [6.45, 7) is -0.277. The summed E-state index contributed by atoms with van der Waals surface area (Å²) in [5.74, 6) is -0.575. The van der Waals surface area contributed by atoms with E-state index in [4.69, 9.17) is 4.74 Å². The molecule has 0 bridgehead atoms. The van der Waals surface area contributed by atoms with E-state index in [-0.39, 0.29) is 12.4 Å². The van der Waals surface area contributed by atoms with Crippen LogP contribution < -0.4 is 15.6 Å². The molecule has 0 radical (unpaired) electrons. The second kappa shape index (κ2) is 9.14. The molecule has 0 aliphatic carbocycles. The zero-order valence-electron chi connectivity index (χ0n) is 14.9. The highest BCUT2D eigenvalue weighted by molar-refractivity contribution is 6.09. The van der Waals surface area contributed by atoms with Crippen molar-refractivity contribution >= 4 is 17.6 Å². The maximum Gasteiger partial charge on any atom is 0.276 e. The average molecular weight is 374 g/mol. The molecule has 2 amide bonds. The van der Waals surface area contributed by atoms with Crippen LogP contribution in [0.2, 0.25) is 0 Å². The Hall–Kier alpha value is -3.93. The molecular weight excluding hydrogens is 356 g/mol. The third-order valence-electron chi connectivity index (χ3n) is 3.87. The molecule has 28 heavy (non-hydrogen) atoms. The fraction of sp³-hybridized carbons (Fsp3) is 0.0455. The Bertz CT molecular complexity index is 955. The number of carbonyl (C=O) groups is 3. The second-order valence-corrected chi connectivity index (χ2v) is 5.88. The minimum Gasteiger partial charge on any atom is -0.484 e. The number of ether oxygens (including phenoxy) is 1. The van der Waals surface area contributed by atoms with E-state index in [9.17, 15) is 14.4 Å². The quantitative estimate of drug-likeness (QED) is 0.513. The molecule has 0 unspecified atom stereocenters. The molecule has 6 nitrogen and oxygen atoms in total. The highest BCUT2D eigenvalue weighted by Crippen LogP contribution is 2.15. The van der Waals surface area contributed by atoms with Crippen molar-refractivity contribution in [2.24, 2.45) is 0 Å². The lowest BCUT2D eigenvalue weighted by atomic mass is 10.0. The van der Waals surface area contributed by atoms with E-state index in [1.165, 1.54) is 0 Å². The van der Waals surface area contributed by atoms with E-state index in [0.29, 0.717) is 22.4 Å². The van der Waals surface area contributed by atoms with Gasteiger partial charge in [0.05, 0.1) is 0 Å². The third kappa shape index (κ3) is 5.04. The number of hydrogen-bond donors (Lipinski definition) is 2. The molecule has 0 atom stereocenters. The molecule has 3 rings (SSSR count). The molecule has 140 valence electrons. The fourth-order valence-corrected chi connectivity index (χ4v) is 2.43. The van der Waals surface area contributed by atoms with Gasteiger partial charge < -0.3 is 4.74 Å². The van der Waals surface area contributed by atoms with Gasteiger partial charge in [-0.25, -0.2) is 0 Å². The van der Waals surface area contributed by atoms with E-state index >= 15 is 0 Å². The molecule has 0 fully saturated rings. The molecule has 6 heteroatoms. The Morgan fingerprint density at radius 1 is 0.643 bits per heavy atom. The van der Waals surface area contributed by atoms with Crippen molar-refractivity contribution in [3.05, 3.63) is 102 Å². The van der Waals surface area contributed by atoms with Crippen LogP contribution in [0.3, 0.4) is 0 Å². The van der Waals surface area contributed by atoms with Gasteiger partial charge in [0.25, 0.3) is 11.8 Å². The van der Waals surface area contributed by atoms with Gasteiger partial charge in [-0.2, -0.15) is 0 Å². The summed E-state index contributed by atoms with van der Waals surface area (Å²) in [6, 6.07) is 24.0. The van der Waals surface area contributed by atoms with Crippen LogP contribution in [-0.4, -0.2) is 24.2 Å². The van der Waals surface area contributed by atoms with Gasteiger partial charge in [0.15, 0.2) is 12.4 Å². The summed E-state index contributed by atoms with van der Waals surface area (Å²) in [5, 5.41) is 0. The predicted molar refractivity (Wildman–Crippen MR) is 104 cm³/mol. The summed E-state index contributed by atoms with van der Waals surface area (Å²) in [7, 11) is 0. The average Bonchev–Trinajstić information content (AvgIpc) is 2.77. The fourth-order valence-electron chi connectivity index (χ4n) is 2.43. The zero-order valence-corrected chi connectivity index (χ0v) is 14.9. The summed E-state index contributed by atoms with van der Waals surface area (Å²) in [4.78, 5) is 36.0. The van der Waals surface area contributed by atoms with Crippen LogP contribution >= 0.6 is 0 Å². The van der Waals surface area contributed by atoms with Crippen molar-refractivity contribution in [2.45, 2.75) is 0 Å². The molecule has 0 aliphatic heterocycles. The maximum atomic E-state index is 12.3. The van der Waals surface area contributed by atoms with Crippen LogP contribution in [0.15, 0.2) is 84.9 Å². The Morgan fingerprint density at radius 2 is 1.18 bits per heavy atom. The normalized spacial score (nSPS) is 10.0. The Morgan fingerprint density at radius 3 is 1.79 bits per heavy atom. The van der Waals surface area contributed by atoms with E-state index in [1.54, 1.807) is 78.9 Å². The number of benzene rings is 3. The first-order valence-corrected chi connectivity index (χ1v) is 8.60. The number of ketones is 1. The Kier molecular flexibility index (Phi) is 6.15. The first-order chi connectivity index (χ1) is 13.6. The molecule has 0 spiro atoms. The van der Waals surface area contributed by atoms with E-state index in [2.05, 4.69) is 10.9 Å². The van der Waals surface area contributed by atoms with Crippen molar-refractivity contribution in [2.75, 3.05) is 6.61 Å². The number of carbonyl (C=O) groups excluding carboxylic acids is 3. The highest BCUT2D eigenvalue weighted by Gasteiger charge is 2.10. The lowest BCUT2D eigenvalue weighted by Gasteiger charge is -2.09. The number of hydrogen-bond acceptors (Lipinski definition) is 4. The molecule has 0 saturated carbocycles. The van der Waals surface area contributed by atoms with Crippen molar-refractivity contribution in [1.82, 2.24) is 10.9 Å². The number of rotatable bonds is 6. The van der Waals surface area contributed by atoms with Crippen molar-refractivity contribution < 1.29 is 19.1 Å². The third-order valence-corrected chi connectivity index (χ3v) is 3.87. The van der Waals surface area contributed by atoms with Crippen LogP contribution in [-0.2, 0) is 4.79 Å². The van der Waals surface area contributed by atoms with Gasteiger partial charge in [0.1, 0.15) is 5.75 Å². The van der Waals surface area contributed by atoms with Crippen LogP contribution in [0, 0.1) is 0 Å². The maximum absolute atomic E-state index is 12.3. The minimum absolute atomic E-state index is 0.0893. The smallest absolute Gasteiger partial charge is 0.276 e. The van der Waals surface area contributed by atoms with Gasteiger partial charge in [-0.05, 0) is 36.4 Å². The van der Waals surface area contributed by atoms with E-state index < -0.39 is 11.8 Å². The van der Waals surface area contributed by atoms with Gasteiger partial charge in [0, 0.05) is 16.7 Å². The monoisotopic (exact) mass is 374 g/mol. The summed E-state index contributed by atoms with van der Waals surface area (Å²) in [6.07, 6.45) is 0. The second-order valence-electron chi connectivity index (χ2n) is 5.88. The molecule has 3 aromatic rings.